The molecular formula is C21H23N3. The summed E-state index contributed by atoms with van der Waals surface area (Å²) in [5.74, 6) is 0. The quantitative estimate of drug-likeness (QED) is 0.743. The van der Waals surface area contributed by atoms with Crippen LogP contribution in [0.3, 0.4) is 0 Å². The van der Waals surface area contributed by atoms with E-state index in [-0.39, 0.29) is 0 Å². The van der Waals surface area contributed by atoms with E-state index in [0.717, 1.165) is 25.7 Å². The van der Waals surface area contributed by atoms with Gasteiger partial charge >= 0.3 is 0 Å². The Morgan fingerprint density at radius 3 is 2.50 bits per heavy atom. The molecule has 1 aliphatic carbocycles. The van der Waals surface area contributed by atoms with Gasteiger partial charge in [0.15, 0.2) is 0 Å². The predicted molar refractivity (Wildman–Crippen MR) is 101 cm³/mol. The number of aromatic nitrogens is 1. The molecule has 1 fully saturated rings. The SMILES string of the molecule is NC1CCC(Nc2ccc3cncc(-c4ccccc4)c3c2)CC1. The molecule has 0 saturated heterocycles. The lowest BCUT2D eigenvalue weighted by Gasteiger charge is -2.27. The fourth-order valence-corrected chi connectivity index (χ4v) is 3.60. The Labute approximate surface area is 142 Å². The molecular weight excluding hydrogens is 294 g/mol. The Morgan fingerprint density at radius 1 is 0.917 bits per heavy atom. The monoisotopic (exact) mass is 317 g/mol. The van der Waals surface area contributed by atoms with E-state index in [0.29, 0.717) is 12.1 Å². The smallest absolute Gasteiger partial charge is 0.0352 e. The van der Waals surface area contributed by atoms with Crippen LogP contribution in [0.15, 0.2) is 60.9 Å². The van der Waals surface area contributed by atoms with Crippen LogP contribution in [0.1, 0.15) is 25.7 Å². The summed E-state index contributed by atoms with van der Waals surface area (Å²) >= 11 is 0. The van der Waals surface area contributed by atoms with Crippen LogP contribution >= 0.6 is 0 Å². The molecule has 122 valence electrons. The molecule has 3 aromatic rings. The van der Waals surface area contributed by atoms with Crippen molar-refractivity contribution in [2.75, 3.05) is 5.32 Å². The molecule has 1 saturated carbocycles. The summed E-state index contributed by atoms with van der Waals surface area (Å²) in [5.41, 5.74) is 9.59. The fraction of sp³-hybridized carbons (Fsp3) is 0.286. The third-order valence-electron chi connectivity index (χ3n) is 4.99. The summed E-state index contributed by atoms with van der Waals surface area (Å²) in [6, 6.07) is 18.0. The Balaban J connectivity index is 1.67. The predicted octanol–water partition coefficient (Wildman–Crippen LogP) is 4.58. The number of fused-ring (bicyclic) bond motifs is 1. The molecule has 2 aromatic carbocycles. The normalized spacial score (nSPS) is 20.9. The Hall–Kier alpha value is -2.39. The highest BCUT2D eigenvalue weighted by atomic mass is 14.9. The number of hydrogen-bond donors (Lipinski definition) is 2. The molecule has 3 N–H and O–H groups in total. The minimum atomic E-state index is 0.385. The van der Waals surface area contributed by atoms with Crippen molar-refractivity contribution in [1.82, 2.24) is 4.98 Å². The summed E-state index contributed by atoms with van der Waals surface area (Å²) in [6.45, 7) is 0. The van der Waals surface area contributed by atoms with Gasteiger partial charge in [-0.15, -0.1) is 0 Å². The molecule has 0 aliphatic heterocycles. The van der Waals surface area contributed by atoms with E-state index in [1.165, 1.54) is 27.6 Å². The molecule has 1 aliphatic rings. The van der Waals surface area contributed by atoms with E-state index in [9.17, 15) is 0 Å². The van der Waals surface area contributed by atoms with Gasteiger partial charge in [0.25, 0.3) is 0 Å². The maximum absolute atomic E-state index is 6.01. The summed E-state index contributed by atoms with van der Waals surface area (Å²) < 4.78 is 0. The number of rotatable bonds is 3. The third-order valence-corrected chi connectivity index (χ3v) is 4.99. The van der Waals surface area contributed by atoms with E-state index in [1.807, 2.05) is 18.5 Å². The van der Waals surface area contributed by atoms with E-state index in [4.69, 9.17) is 5.73 Å². The molecule has 0 atom stereocenters. The molecule has 24 heavy (non-hydrogen) atoms. The van der Waals surface area contributed by atoms with Gasteiger partial charge in [0, 0.05) is 41.1 Å². The maximum Gasteiger partial charge on any atom is 0.0352 e. The highest BCUT2D eigenvalue weighted by Crippen LogP contribution is 2.30. The molecule has 0 amide bonds. The lowest BCUT2D eigenvalue weighted by Crippen LogP contribution is -2.32. The van der Waals surface area contributed by atoms with Crippen molar-refractivity contribution >= 4 is 16.5 Å². The standard InChI is InChI=1S/C21H23N3/c22-17-7-10-18(11-8-17)24-19-9-6-16-13-23-14-21(20(16)12-19)15-4-2-1-3-5-15/h1-6,9,12-14,17-18,24H,7-8,10-11,22H2. The number of pyridine rings is 1. The van der Waals surface area contributed by atoms with Crippen molar-refractivity contribution in [3.63, 3.8) is 0 Å². The lowest BCUT2D eigenvalue weighted by molar-refractivity contribution is 0.411. The van der Waals surface area contributed by atoms with Gasteiger partial charge in [-0.25, -0.2) is 0 Å². The van der Waals surface area contributed by atoms with Crippen LogP contribution in [-0.4, -0.2) is 17.1 Å². The van der Waals surface area contributed by atoms with E-state index in [1.54, 1.807) is 0 Å². The average Bonchev–Trinajstić information content (AvgIpc) is 2.64. The molecule has 1 heterocycles. The van der Waals surface area contributed by atoms with Gasteiger partial charge in [0.2, 0.25) is 0 Å². The minimum Gasteiger partial charge on any atom is -0.382 e. The van der Waals surface area contributed by atoms with Gasteiger partial charge in [0.05, 0.1) is 0 Å². The van der Waals surface area contributed by atoms with Gasteiger partial charge < -0.3 is 11.1 Å². The highest BCUT2D eigenvalue weighted by Gasteiger charge is 2.18. The van der Waals surface area contributed by atoms with Crippen molar-refractivity contribution in [2.45, 2.75) is 37.8 Å². The second-order valence-electron chi connectivity index (χ2n) is 6.75. The van der Waals surface area contributed by atoms with Gasteiger partial charge in [-0.3, -0.25) is 4.98 Å². The summed E-state index contributed by atoms with van der Waals surface area (Å²) in [5, 5.41) is 6.11. The third kappa shape index (κ3) is 3.13. The summed E-state index contributed by atoms with van der Waals surface area (Å²) in [4.78, 5) is 4.41. The van der Waals surface area contributed by atoms with Crippen LogP contribution in [0.2, 0.25) is 0 Å². The van der Waals surface area contributed by atoms with Crippen LogP contribution in [0, 0.1) is 0 Å². The molecule has 0 spiro atoms. The number of anilines is 1. The van der Waals surface area contributed by atoms with E-state index >= 15 is 0 Å². The zero-order chi connectivity index (χ0) is 16.4. The second kappa shape index (κ2) is 6.62. The summed E-state index contributed by atoms with van der Waals surface area (Å²) in [6.07, 6.45) is 8.43. The van der Waals surface area contributed by atoms with Crippen LogP contribution in [0.4, 0.5) is 5.69 Å². The Kier molecular flexibility index (Phi) is 4.18. The number of hydrogen-bond acceptors (Lipinski definition) is 3. The van der Waals surface area contributed by atoms with Crippen molar-refractivity contribution in [3.05, 3.63) is 60.9 Å². The van der Waals surface area contributed by atoms with Crippen molar-refractivity contribution in [1.29, 1.82) is 0 Å². The van der Waals surface area contributed by atoms with E-state index < -0.39 is 0 Å². The second-order valence-corrected chi connectivity index (χ2v) is 6.75. The number of nitrogens with zero attached hydrogens (tertiary/aromatic N) is 1. The first kappa shape index (κ1) is 15.2. The zero-order valence-electron chi connectivity index (χ0n) is 13.8. The van der Waals surface area contributed by atoms with Crippen molar-refractivity contribution in [3.8, 4) is 11.1 Å². The topological polar surface area (TPSA) is 50.9 Å². The number of benzene rings is 2. The first-order valence-electron chi connectivity index (χ1n) is 8.75. The van der Waals surface area contributed by atoms with Crippen LogP contribution in [0.25, 0.3) is 21.9 Å². The first-order valence-corrected chi connectivity index (χ1v) is 8.75. The molecule has 0 radical (unpaired) electrons. The first-order chi connectivity index (χ1) is 11.8. The fourth-order valence-electron chi connectivity index (χ4n) is 3.60. The average molecular weight is 317 g/mol. The van der Waals surface area contributed by atoms with Gasteiger partial charge in [-0.1, -0.05) is 36.4 Å². The highest BCUT2D eigenvalue weighted by molar-refractivity contribution is 5.97. The van der Waals surface area contributed by atoms with Crippen LogP contribution in [0.5, 0.6) is 0 Å². The van der Waals surface area contributed by atoms with Crippen LogP contribution in [-0.2, 0) is 0 Å². The molecule has 0 unspecified atom stereocenters. The van der Waals surface area contributed by atoms with Gasteiger partial charge in [-0.2, -0.15) is 0 Å². The van der Waals surface area contributed by atoms with Gasteiger partial charge in [0.1, 0.15) is 0 Å². The maximum atomic E-state index is 6.01. The number of nitrogens with one attached hydrogen (secondary N) is 1. The minimum absolute atomic E-state index is 0.385. The van der Waals surface area contributed by atoms with E-state index in [2.05, 4.69) is 52.8 Å². The lowest BCUT2D eigenvalue weighted by atomic mass is 9.91. The Bertz CT molecular complexity index is 821. The molecule has 4 rings (SSSR count). The number of nitrogens with two attached hydrogens (primary N) is 1. The van der Waals surface area contributed by atoms with Crippen molar-refractivity contribution in [2.24, 2.45) is 5.73 Å². The molecule has 3 nitrogen and oxygen atoms in total. The molecule has 1 aromatic heterocycles. The van der Waals surface area contributed by atoms with Gasteiger partial charge in [-0.05, 0) is 48.8 Å². The largest absolute Gasteiger partial charge is 0.382 e. The summed E-state index contributed by atoms with van der Waals surface area (Å²) in [7, 11) is 0. The van der Waals surface area contributed by atoms with Crippen LogP contribution < -0.4 is 11.1 Å². The molecule has 0 bridgehead atoms. The Morgan fingerprint density at radius 2 is 1.71 bits per heavy atom. The zero-order valence-corrected chi connectivity index (χ0v) is 13.8. The molecule has 3 heteroatoms. The van der Waals surface area contributed by atoms with Crippen molar-refractivity contribution < 1.29 is 0 Å².